The normalized spacial score (nSPS) is 24.8. The van der Waals surface area contributed by atoms with E-state index in [1.807, 2.05) is 0 Å². The number of halogens is 1. The van der Waals surface area contributed by atoms with Gasteiger partial charge in [-0.2, -0.15) is 4.98 Å². The van der Waals surface area contributed by atoms with Crippen molar-refractivity contribution < 1.29 is 4.52 Å². The second-order valence-corrected chi connectivity index (χ2v) is 5.58. The summed E-state index contributed by atoms with van der Waals surface area (Å²) in [5, 5.41) is 7.52. The highest BCUT2D eigenvalue weighted by Crippen LogP contribution is 2.30. The molecule has 1 aliphatic heterocycles. The topological polar surface area (TPSA) is 54.2 Å². The standard InChI is InChI=1S/C13H22N4O.ClH/c1-17-8-7-14-9-11(17)13-15-12(18-16-13)6-5-10-3-2-4-10;/h10-11,14H,2-9H2,1H3;1H. The summed E-state index contributed by atoms with van der Waals surface area (Å²) >= 11 is 0. The van der Waals surface area contributed by atoms with Crippen molar-refractivity contribution in [1.82, 2.24) is 20.4 Å². The maximum atomic E-state index is 5.37. The summed E-state index contributed by atoms with van der Waals surface area (Å²) in [5.74, 6) is 2.56. The Bertz CT molecular complexity index is 394. The maximum Gasteiger partial charge on any atom is 0.226 e. The summed E-state index contributed by atoms with van der Waals surface area (Å²) in [6.45, 7) is 2.99. The van der Waals surface area contributed by atoms with Crippen LogP contribution in [0.15, 0.2) is 4.52 Å². The molecule has 0 amide bonds. The molecule has 0 bridgehead atoms. The fourth-order valence-electron chi connectivity index (χ4n) is 2.71. The zero-order valence-corrected chi connectivity index (χ0v) is 12.3. The number of rotatable bonds is 4. The van der Waals surface area contributed by atoms with Gasteiger partial charge in [-0.15, -0.1) is 12.4 Å². The monoisotopic (exact) mass is 286 g/mol. The van der Waals surface area contributed by atoms with Crippen molar-refractivity contribution in [1.29, 1.82) is 0 Å². The van der Waals surface area contributed by atoms with Crippen LogP contribution in [0.3, 0.4) is 0 Å². The van der Waals surface area contributed by atoms with Crippen molar-refractivity contribution >= 4 is 12.4 Å². The smallest absolute Gasteiger partial charge is 0.226 e. The minimum atomic E-state index is 0. The van der Waals surface area contributed by atoms with Gasteiger partial charge in [-0.05, 0) is 19.4 Å². The summed E-state index contributed by atoms with van der Waals surface area (Å²) in [6, 6.07) is 0.264. The molecule has 19 heavy (non-hydrogen) atoms. The van der Waals surface area contributed by atoms with Crippen molar-refractivity contribution in [3.05, 3.63) is 11.7 Å². The van der Waals surface area contributed by atoms with Crippen LogP contribution >= 0.6 is 12.4 Å². The largest absolute Gasteiger partial charge is 0.339 e. The minimum Gasteiger partial charge on any atom is -0.339 e. The third-order valence-electron chi connectivity index (χ3n) is 4.28. The van der Waals surface area contributed by atoms with Crippen molar-refractivity contribution in [2.45, 2.75) is 38.1 Å². The molecule has 1 N–H and O–H groups in total. The second kappa shape index (κ2) is 6.68. The van der Waals surface area contributed by atoms with E-state index < -0.39 is 0 Å². The van der Waals surface area contributed by atoms with Gasteiger partial charge < -0.3 is 9.84 Å². The van der Waals surface area contributed by atoms with E-state index in [1.165, 1.54) is 25.7 Å². The highest BCUT2D eigenvalue weighted by Gasteiger charge is 2.25. The van der Waals surface area contributed by atoms with Gasteiger partial charge in [0, 0.05) is 26.1 Å². The Morgan fingerprint density at radius 1 is 1.42 bits per heavy atom. The fourth-order valence-corrected chi connectivity index (χ4v) is 2.71. The van der Waals surface area contributed by atoms with Crippen LogP contribution in [0.2, 0.25) is 0 Å². The first-order chi connectivity index (χ1) is 8.83. The molecular weight excluding hydrogens is 264 g/mol. The van der Waals surface area contributed by atoms with E-state index in [4.69, 9.17) is 4.52 Å². The Morgan fingerprint density at radius 3 is 2.95 bits per heavy atom. The van der Waals surface area contributed by atoms with Gasteiger partial charge in [-0.3, -0.25) is 4.90 Å². The molecule has 108 valence electrons. The molecule has 2 fully saturated rings. The van der Waals surface area contributed by atoms with Crippen LogP contribution in [-0.4, -0.2) is 41.7 Å². The van der Waals surface area contributed by atoms with Crippen LogP contribution in [0.4, 0.5) is 0 Å². The van der Waals surface area contributed by atoms with E-state index in [1.54, 1.807) is 0 Å². The summed E-state index contributed by atoms with van der Waals surface area (Å²) in [7, 11) is 2.12. The third-order valence-corrected chi connectivity index (χ3v) is 4.28. The molecule has 6 heteroatoms. The van der Waals surface area contributed by atoms with E-state index >= 15 is 0 Å². The van der Waals surface area contributed by atoms with E-state index in [2.05, 4.69) is 27.4 Å². The van der Waals surface area contributed by atoms with Crippen LogP contribution < -0.4 is 5.32 Å². The Balaban J connectivity index is 0.00000133. The predicted octanol–water partition coefficient (Wildman–Crippen LogP) is 1.80. The number of hydrogen-bond donors (Lipinski definition) is 1. The van der Waals surface area contributed by atoms with Crippen molar-refractivity contribution in [3.8, 4) is 0 Å². The molecule has 1 saturated heterocycles. The first-order valence-corrected chi connectivity index (χ1v) is 7.06. The zero-order valence-electron chi connectivity index (χ0n) is 11.5. The molecule has 0 spiro atoms. The summed E-state index contributed by atoms with van der Waals surface area (Å²) in [5.41, 5.74) is 0. The average Bonchev–Trinajstić information content (AvgIpc) is 2.76. The van der Waals surface area contributed by atoms with Crippen LogP contribution in [0.1, 0.15) is 43.4 Å². The lowest BCUT2D eigenvalue weighted by molar-refractivity contribution is 0.190. The van der Waals surface area contributed by atoms with Gasteiger partial charge in [0.2, 0.25) is 5.89 Å². The number of aromatic nitrogens is 2. The molecule has 2 aliphatic rings. The number of aryl methyl sites for hydroxylation is 1. The van der Waals surface area contributed by atoms with Crippen LogP contribution in [0, 0.1) is 5.92 Å². The molecule has 1 unspecified atom stereocenters. The van der Waals surface area contributed by atoms with Crippen molar-refractivity contribution in [2.24, 2.45) is 5.92 Å². The van der Waals surface area contributed by atoms with Gasteiger partial charge in [0.1, 0.15) is 0 Å². The number of hydrogen-bond acceptors (Lipinski definition) is 5. The summed E-state index contributed by atoms with van der Waals surface area (Å²) < 4.78 is 5.37. The Labute approximate surface area is 120 Å². The Kier molecular flexibility index (Phi) is 5.19. The lowest BCUT2D eigenvalue weighted by Gasteiger charge is -2.30. The summed E-state index contributed by atoms with van der Waals surface area (Å²) in [6.07, 6.45) is 6.33. The number of nitrogens with zero attached hydrogens (tertiary/aromatic N) is 3. The SMILES string of the molecule is CN1CCNCC1c1noc(CCC2CCC2)n1.Cl. The second-order valence-electron chi connectivity index (χ2n) is 5.58. The Hall–Kier alpha value is -0.650. The predicted molar refractivity (Wildman–Crippen MR) is 75.4 cm³/mol. The molecule has 2 heterocycles. The number of piperazine rings is 1. The van der Waals surface area contributed by atoms with E-state index in [-0.39, 0.29) is 18.4 Å². The average molecular weight is 287 g/mol. The van der Waals surface area contributed by atoms with E-state index in [0.717, 1.165) is 43.7 Å². The first-order valence-electron chi connectivity index (χ1n) is 7.06. The molecule has 1 saturated carbocycles. The highest BCUT2D eigenvalue weighted by molar-refractivity contribution is 5.85. The molecule has 1 atom stereocenters. The van der Waals surface area contributed by atoms with Crippen LogP contribution in [0.25, 0.3) is 0 Å². The molecule has 0 aromatic carbocycles. The first kappa shape index (κ1) is 14.8. The number of likely N-dealkylation sites (N-methyl/N-ethyl adjacent to an activating group) is 1. The van der Waals surface area contributed by atoms with Gasteiger partial charge in [-0.25, -0.2) is 0 Å². The summed E-state index contributed by atoms with van der Waals surface area (Å²) in [4.78, 5) is 6.84. The van der Waals surface area contributed by atoms with Gasteiger partial charge in [0.05, 0.1) is 6.04 Å². The molecule has 5 nitrogen and oxygen atoms in total. The lowest BCUT2D eigenvalue weighted by atomic mass is 9.82. The van der Waals surface area contributed by atoms with E-state index in [9.17, 15) is 0 Å². The van der Waals surface area contributed by atoms with Gasteiger partial charge in [0.15, 0.2) is 5.82 Å². The highest BCUT2D eigenvalue weighted by atomic mass is 35.5. The zero-order chi connectivity index (χ0) is 12.4. The molecule has 0 radical (unpaired) electrons. The van der Waals surface area contributed by atoms with Gasteiger partial charge in [0.25, 0.3) is 0 Å². The number of nitrogens with one attached hydrogen (secondary N) is 1. The molecule has 1 aliphatic carbocycles. The molecule has 1 aromatic heterocycles. The van der Waals surface area contributed by atoms with Crippen LogP contribution in [-0.2, 0) is 6.42 Å². The van der Waals surface area contributed by atoms with Crippen LogP contribution in [0.5, 0.6) is 0 Å². The molecular formula is C13H23ClN4O. The fraction of sp³-hybridized carbons (Fsp3) is 0.846. The van der Waals surface area contributed by atoms with Crippen molar-refractivity contribution in [3.63, 3.8) is 0 Å². The Morgan fingerprint density at radius 2 is 2.26 bits per heavy atom. The lowest BCUT2D eigenvalue weighted by Crippen LogP contribution is -2.44. The minimum absolute atomic E-state index is 0. The van der Waals surface area contributed by atoms with Crippen molar-refractivity contribution in [2.75, 3.05) is 26.7 Å². The quantitative estimate of drug-likeness (QED) is 0.915. The molecule has 3 rings (SSSR count). The van der Waals surface area contributed by atoms with Gasteiger partial charge in [-0.1, -0.05) is 24.4 Å². The maximum absolute atomic E-state index is 5.37. The molecule has 1 aromatic rings. The third kappa shape index (κ3) is 3.46. The van der Waals surface area contributed by atoms with Gasteiger partial charge >= 0.3 is 0 Å². The van der Waals surface area contributed by atoms with E-state index in [0.29, 0.717) is 0 Å².